The number of nitrogens with zero attached hydrogens (tertiary/aromatic N) is 3. The zero-order chi connectivity index (χ0) is 10.6. The maximum atomic E-state index is 12.6. The first-order valence-corrected chi connectivity index (χ1v) is 3.65. The van der Waals surface area contributed by atoms with Gasteiger partial charge in [-0.25, -0.2) is 8.78 Å². The molecule has 0 spiro atoms. The summed E-state index contributed by atoms with van der Waals surface area (Å²) in [7, 11) is 0. The number of carbonyl (C=O) groups excluding carboxylic acids is 1. The predicted octanol–water partition coefficient (Wildman–Crippen LogP) is -1.48. The number of nitrogens with two attached hydrogens (primary N) is 1. The van der Waals surface area contributed by atoms with Crippen LogP contribution in [0.3, 0.4) is 0 Å². The molecule has 1 rings (SSSR count). The summed E-state index contributed by atoms with van der Waals surface area (Å²) in [4.78, 5) is 11.0. The molecule has 0 aliphatic heterocycles. The van der Waals surface area contributed by atoms with E-state index in [1.165, 1.54) is 0 Å². The van der Waals surface area contributed by atoms with E-state index in [9.17, 15) is 13.6 Å². The van der Waals surface area contributed by atoms with E-state index in [-0.39, 0.29) is 5.82 Å². The average molecular weight is 206 g/mol. The number of rotatable bonds is 4. The fourth-order valence-corrected chi connectivity index (χ4v) is 0.619. The molecule has 0 atom stereocenters. The molecule has 0 radical (unpaired) electrons. The van der Waals surface area contributed by atoms with Gasteiger partial charge in [-0.3, -0.25) is 4.79 Å². The largest absolute Gasteiger partial charge is 0.343 e. The Bertz CT molecular complexity index is 299. The second-order valence-corrected chi connectivity index (χ2v) is 2.48. The summed E-state index contributed by atoms with van der Waals surface area (Å²) in [6.07, 6.45) is 0. The van der Waals surface area contributed by atoms with Gasteiger partial charge >= 0.3 is 0 Å². The third kappa shape index (κ3) is 2.69. The minimum absolute atomic E-state index is 0.294. The second kappa shape index (κ2) is 4.05. The number of carbonyl (C=O) groups is 1. The number of nitrogens with one attached hydrogen (secondary N) is 2. The smallest absolute Gasteiger partial charge is 0.293 e. The van der Waals surface area contributed by atoms with Gasteiger partial charge in [-0.2, -0.15) is 5.21 Å². The third-order valence-corrected chi connectivity index (χ3v) is 1.35. The highest BCUT2D eigenvalue weighted by molar-refractivity contribution is 5.90. The summed E-state index contributed by atoms with van der Waals surface area (Å²) in [6.45, 7) is -1.68. The quantitative estimate of drug-likeness (QED) is 0.556. The van der Waals surface area contributed by atoms with E-state index in [1.54, 1.807) is 0 Å². The second-order valence-electron chi connectivity index (χ2n) is 2.48. The Morgan fingerprint density at radius 2 is 2.36 bits per heavy atom. The van der Waals surface area contributed by atoms with E-state index in [0.717, 1.165) is 0 Å². The summed E-state index contributed by atoms with van der Waals surface area (Å²) in [5.74, 6) is -4.25. The number of H-pyrrole nitrogens is 1. The van der Waals surface area contributed by atoms with E-state index in [1.807, 2.05) is 10.5 Å². The molecule has 1 heterocycles. The van der Waals surface area contributed by atoms with E-state index in [4.69, 9.17) is 5.73 Å². The molecule has 0 unspecified atom stereocenters. The van der Waals surface area contributed by atoms with Gasteiger partial charge in [-0.1, -0.05) is 0 Å². The SMILES string of the molecule is NCC(F)(F)CNC(=O)c1nn[nH]n1. The number of aromatic nitrogens is 4. The van der Waals surface area contributed by atoms with Crippen LogP contribution in [0.5, 0.6) is 0 Å². The Kier molecular flexibility index (Phi) is 3.02. The van der Waals surface area contributed by atoms with Crippen LogP contribution in [0.4, 0.5) is 8.78 Å². The molecule has 14 heavy (non-hydrogen) atoms. The third-order valence-electron chi connectivity index (χ3n) is 1.35. The van der Waals surface area contributed by atoms with Crippen LogP contribution in [0, 0.1) is 0 Å². The van der Waals surface area contributed by atoms with E-state index in [0.29, 0.717) is 0 Å². The first kappa shape index (κ1) is 10.4. The zero-order valence-electron chi connectivity index (χ0n) is 7.00. The lowest BCUT2D eigenvalue weighted by molar-refractivity contribution is 0.0117. The lowest BCUT2D eigenvalue weighted by Gasteiger charge is -2.13. The molecule has 0 saturated heterocycles. The lowest BCUT2D eigenvalue weighted by atomic mass is 10.3. The standard InChI is InChI=1S/C5H8F2N6O/c6-5(7,1-8)2-9-4(14)3-10-12-13-11-3/h1-2,8H2,(H,9,14)(H,10,11,12,13). The summed E-state index contributed by atoms with van der Waals surface area (Å²) < 4.78 is 25.1. The van der Waals surface area contributed by atoms with Crippen molar-refractivity contribution in [2.75, 3.05) is 13.1 Å². The molecule has 0 fully saturated rings. The number of hydrogen-bond donors (Lipinski definition) is 3. The van der Waals surface area contributed by atoms with Crippen LogP contribution in [-0.2, 0) is 0 Å². The molecule has 0 aromatic carbocycles. The fourth-order valence-electron chi connectivity index (χ4n) is 0.619. The normalized spacial score (nSPS) is 11.4. The van der Waals surface area contributed by atoms with Crippen LogP contribution in [0.1, 0.15) is 10.6 Å². The van der Waals surface area contributed by atoms with Gasteiger partial charge in [0.1, 0.15) is 0 Å². The van der Waals surface area contributed by atoms with Crippen molar-refractivity contribution in [1.82, 2.24) is 25.9 Å². The van der Waals surface area contributed by atoms with Crippen LogP contribution in [-0.4, -0.2) is 45.5 Å². The molecule has 1 amide bonds. The molecule has 0 aliphatic carbocycles. The van der Waals surface area contributed by atoms with Crippen molar-refractivity contribution in [3.8, 4) is 0 Å². The molecular formula is C5H8F2N6O. The Morgan fingerprint density at radius 1 is 1.64 bits per heavy atom. The zero-order valence-corrected chi connectivity index (χ0v) is 7.00. The van der Waals surface area contributed by atoms with Crippen molar-refractivity contribution < 1.29 is 13.6 Å². The van der Waals surface area contributed by atoms with Crippen LogP contribution < -0.4 is 11.1 Å². The summed E-state index contributed by atoms with van der Waals surface area (Å²) in [6, 6.07) is 0. The van der Waals surface area contributed by atoms with Crippen molar-refractivity contribution in [3.05, 3.63) is 5.82 Å². The molecule has 7 nitrogen and oxygen atoms in total. The van der Waals surface area contributed by atoms with Gasteiger partial charge < -0.3 is 11.1 Å². The topological polar surface area (TPSA) is 110 Å². The monoisotopic (exact) mass is 206 g/mol. The first-order valence-electron chi connectivity index (χ1n) is 3.65. The maximum absolute atomic E-state index is 12.6. The van der Waals surface area contributed by atoms with Gasteiger partial charge in [-0.05, 0) is 5.21 Å². The molecule has 78 valence electrons. The minimum atomic E-state index is -3.13. The van der Waals surface area contributed by atoms with Gasteiger partial charge in [0, 0.05) is 0 Å². The van der Waals surface area contributed by atoms with Gasteiger partial charge in [0.25, 0.3) is 17.7 Å². The number of alkyl halides is 2. The minimum Gasteiger partial charge on any atom is -0.343 e. The van der Waals surface area contributed by atoms with Crippen molar-refractivity contribution in [2.45, 2.75) is 5.92 Å². The summed E-state index contributed by atoms with van der Waals surface area (Å²) in [5.41, 5.74) is 4.76. The number of halogens is 2. The van der Waals surface area contributed by atoms with Gasteiger partial charge in [0.15, 0.2) is 0 Å². The molecule has 0 bridgehead atoms. The van der Waals surface area contributed by atoms with Crippen LogP contribution in [0.15, 0.2) is 0 Å². The van der Waals surface area contributed by atoms with E-state index in [2.05, 4.69) is 15.4 Å². The molecule has 9 heteroatoms. The summed E-state index contributed by atoms with van der Waals surface area (Å²) in [5, 5.41) is 13.7. The molecule has 4 N–H and O–H groups in total. The van der Waals surface area contributed by atoms with Gasteiger partial charge in [0.2, 0.25) is 0 Å². The Morgan fingerprint density at radius 3 is 2.86 bits per heavy atom. The van der Waals surface area contributed by atoms with Gasteiger partial charge in [0.05, 0.1) is 13.1 Å². The van der Waals surface area contributed by atoms with Crippen LogP contribution in [0.25, 0.3) is 0 Å². The number of amides is 1. The van der Waals surface area contributed by atoms with Crippen LogP contribution in [0.2, 0.25) is 0 Å². The molecule has 0 aliphatic rings. The molecule has 0 saturated carbocycles. The first-order chi connectivity index (χ1) is 6.55. The van der Waals surface area contributed by atoms with Crippen molar-refractivity contribution in [2.24, 2.45) is 5.73 Å². The highest BCUT2D eigenvalue weighted by Gasteiger charge is 2.27. The number of aromatic amines is 1. The highest BCUT2D eigenvalue weighted by Crippen LogP contribution is 2.08. The Balaban J connectivity index is 2.43. The highest BCUT2D eigenvalue weighted by atomic mass is 19.3. The van der Waals surface area contributed by atoms with Crippen molar-refractivity contribution in [3.63, 3.8) is 0 Å². The lowest BCUT2D eigenvalue weighted by Crippen LogP contribution is -2.41. The van der Waals surface area contributed by atoms with E-state index < -0.39 is 24.9 Å². The Hall–Kier alpha value is -1.64. The van der Waals surface area contributed by atoms with Crippen molar-refractivity contribution >= 4 is 5.91 Å². The molecule has 1 aromatic rings. The Labute approximate surface area is 77.0 Å². The number of hydrogen-bond acceptors (Lipinski definition) is 5. The maximum Gasteiger partial charge on any atom is 0.293 e. The fraction of sp³-hybridized carbons (Fsp3) is 0.600. The van der Waals surface area contributed by atoms with Crippen molar-refractivity contribution in [1.29, 1.82) is 0 Å². The molecular weight excluding hydrogens is 198 g/mol. The molecule has 1 aromatic heterocycles. The summed E-state index contributed by atoms with van der Waals surface area (Å²) >= 11 is 0. The van der Waals surface area contributed by atoms with Gasteiger partial charge in [-0.15, -0.1) is 10.2 Å². The average Bonchev–Trinajstić information content (AvgIpc) is 2.67. The van der Waals surface area contributed by atoms with E-state index >= 15 is 0 Å². The number of tetrazole rings is 1. The van der Waals surface area contributed by atoms with Crippen LogP contribution >= 0.6 is 0 Å². The predicted molar refractivity (Wildman–Crippen MR) is 40.5 cm³/mol.